The molecule has 2 aromatic rings. The van der Waals surface area contributed by atoms with E-state index >= 15 is 0 Å². The van der Waals surface area contributed by atoms with Gasteiger partial charge in [0.2, 0.25) is 10.0 Å². The van der Waals surface area contributed by atoms with E-state index in [2.05, 4.69) is 19.8 Å². The third-order valence-electron chi connectivity index (χ3n) is 5.31. The molecule has 162 valence electrons. The molecule has 0 amide bonds. The zero-order valence-corrected chi connectivity index (χ0v) is 17.9. The van der Waals surface area contributed by atoms with Gasteiger partial charge in [0.15, 0.2) is 0 Å². The standard InChI is InChI=1S/C20H27N5O4S/c1-2-29-17-3-5-18(6-4-17)30(26,27)25-9-7-23(8-10-25)19-15-20(22-16-21-19)24-11-13-28-14-12-24/h3-6,15-16H,2,7-14H2,1H3. The van der Waals surface area contributed by atoms with Gasteiger partial charge in [-0.2, -0.15) is 4.31 Å². The lowest BCUT2D eigenvalue weighted by Crippen LogP contribution is -2.49. The Hall–Kier alpha value is -2.43. The van der Waals surface area contributed by atoms with Crippen LogP contribution >= 0.6 is 0 Å². The molecule has 0 spiro atoms. The van der Waals surface area contributed by atoms with Gasteiger partial charge in [0.25, 0.3) is 0 Å². The zero-order valence-electron chi connectivity index (χ0n) is 17.1. The van der Waals surface area contributed by atoms with Crippen LogP contribution in [0.25, 0.3) is 0 Å². The van der Waals surface area contributed by atoms with Crippen molar-refractivity contribution in [2.24, 2.45) is 0 Å². The maximum atomic E-state index is 13.0. The van der Waals surface area contributed by atoms with Gasteiger partial charge in [-0.05, 0) is 31.2 Å². The maximum absolute atomic E-state index is 13.0. The van der Waals surface area contributed by atoms with Crippen LogP contribution in [0.3, 0.4) is 0 Å². The lowest BCUT2D eigenvalue weighted by atomic mass is 10.3. The van der Waals surface area contributed by atoms with Crippen molar-refractivity contribution in [2.45, 2.75) is 11.8 Å². The normalized spacial score (nSPS) is 18.4. The highest BCUT2D eigenvalue weighted by Gasteiger charge is 2.29. The van der Waals surface area contributed by atoms with Crippen LogP contribution in [-0.4, -0.2) is 81.8 Å². The molecule has 1 aromatic carbocycles. The smallest absolute Gasteiger partial charge is 0.243 e. The molecule has 0 N–H and O–H groups in total. The van der Waals surface area contributed by atoms with Gasteiger partial charge in [-0.3, -0.25) is 0 Å². The molecule has 4 rings (SSSR count). The first-order chi connectivity index (χ1) is 14.6. The van der Waals surface area contributed by atoms with E-state index in [9.17, 15) is 8.42 Å². The first-order valence-corrected chi connectivity index (χ1v) is 11.6. The summed E-state index contributed by atoms with van der Waals surface area (Å²) in [6.07, 6.45) is 1.57. The van der Waals surface area contributed by atoms with Crippen LogP contribution in [0, 0.1) is 0 Å². The summed E-state index contributed by atoms with van der Waals surface area (Å²) >= 11 is 0. The molecule has 3 heterocycles. The van der Waals surface area contributed by atoms with Gasteiger partial charge in [-0.1, -0.05) is 0 Å². The van der Waals surface area contributed by atoms with Crippen molar-refractivity contribution < 1.29 is 17.9 Å². The molecule has 0 aliphatic carbocycles. The Morgan fingerprint density at radius 3 is 2.13 bits per heavy atom. The zero-order chi connectivity index (χ0) is 21.0. The fourth-order valence-electron chi connectivity index (χ4n) is 3.66. The number of sulfonamides is 1. The second kappa shape index (κ2) is 9.15. The van der Waals surface area contributed by atoms with E-state index in [0.29, 0.717) is 51.7 Å². The maximum Gasteiger partial charge on any atom is 0.243 e. The first kappa shape index (κ1) is 20.8. The molecule has 10 heteroatoms. The summed E-state index contributed by atoms with van der Waals surface area (Å²) in [5.41, 5.74) is 0. The number of hydrogen-bond donors (Lipinski definition) is 0. The summed E-state index contributed by atoms with van der Waals surface area (Å²) in [5.74, 6) is 2.37. The van der Waals surface area contributed by atoms with Crippen molar-refractivity contribution in [3.8, 4) is 5.75 Å². The van der Waals surface area contributed by atoms with Crippen LogP contribution in [0.4, 0.5) is 11.6 Å². The first-order valence-electron chi connectivity index (χ1n) is 10.2. The third kappa shape index (κ3) is 4.50. The second-order valence-corrected chi connectivity index (χ2v) is 9.07. The van der Waals surface area contributed by atoms with Gasteiger partial charge in [-0.25, -0.2) is 18.4 Å². The quantitative estimate of drug-likeness (QED) is 0.672. The minimum atomic E-state index is -3.53. The number of piperazine rings is 1. The molecule has 2 aliphatic rings. The Bertz CT molecular complexity index is 940. The van der Waals surface area contributed by atoms with Crippen molar-refractivity contribution in [1.82, 2.24) is 14.3 Å². The van der Waals surface area contributed by atoms with Crippen molar-refractivity contribution in [1.29, 1.82) is 0 Å². The molecule has 0 radical (unpaired) electrons. The molecule has 30 heavy (non-hydrogen) atoms. The number of nitrogens with zero attached hydrogens (tertiary/aromatic N) is 5. The number of benzene rings is 1. The Kier molecular flexibility index (Phi) is 6.35. The van der Waals surface area contributed by atoms with Gasteiger partial charge >= 0.3 is 0 Å². The van der Waals surface area contributed by atoms with E-state index < -0.39 is 10.0 Å². The summed E-state index contributed by atoms with van der Waals surface area (Å²) in [4.78, 5) is 13.4. The summed E-state index contributed by atoms with van der Waals surface area (Å²) in [6.45, 7) is 7.43. The molecule has 2 fully saturated rings. The summed E-state index contributed by atoms with van der Waals surface area (Å²) in [6, 6.07) is 8.57. The van der Waals surface area contributed by atoms with E-state index in [1.54, 1.807) is 30.6 Å². The van der Waals surface area contributed by atoms with Gasteiger partial charge in [0.1, 0.15) is 23.7 Å². The minimum absolute atomic E-state index is 0.288. The van der Waals surface area contributed by atoms with Crippen LogP contribution in [0.2, 0.25) is 0 Å². The van der Waals surface area contributed by atoms with Crippen molar-refractivity contribution in [3.63, 3.8) is 0 Å². The van der Waals surface area contributed by atoms with Crippen molar-refractivity contribution >= 4 is 21.7 Å². The highest BCUT2D eigenvalue weighted by atomic mass is 32.2. The fourth-order valence-corrected chi connectivity index (χ4v) is 5.08. The number of hydrogen-bond acceptors (Lipinski definition) is 8. The molecule has 2 aliphatic heterocycles. The lowest BCUT2D eigenvalue weighted by Gasteiger charge is -2.35. The molecule has 0 bridgehead atoms. The molecule has 1 aromatic heterocycles. The Balaban J connectivity index is 1.41. The molecule has 2 saturated heterocycles. The van der Waals surface area contributed by atoms with E-state index in [1.807, 2.05) is 13.0 Å². The SMILES string of the molecule is CCOc1ccc(S(=O)(=O)N2CCN(c3cc(N4CCOCC4)ncn3)CC2)cc1. The summed E-state index contributed by atoms with van der Waals surface area (Å²) in [5, 5.41) is 0. The lowest BCUT2D eigenvalue weighted by molar-refractivity contribution is 0.122. The molecule has 9 nitrogen and oxygen atoms in total. The molecule has 0 saturated carbocycles. The molecule has 0 atom stereocenters. The van der Waals surface area contributed by atoms with E-state index in [4.69, 9.17) is 9.47 Å². The second-order valence-electron chi connectivity index (χ2n) is 7.13. The summed E-state index contributed by atoms with van der Waals surface area (Å²) < 4.78 is 38.3. The predicted octanol–water partition coefficient (Wildman–Crippen LogP) is 1.22. The fraction of sp³-hybridized carbons (Fsp3) is 0.500. The van der Waals surface area contributed by atoms with Crippen LogP contribution in [0.15, 0.2) is 41.6 Å². The average Bonchev–Trinajstić information content (AvgIpc) is 2.80. The number of rotatable bonds is 6. The minimum Gasteiger partial charge on any atom is -0.494 e. The van der Waals surface area contributed by atoms with Crippen LogP contribution < -0.4 is 14.5 Å². The van der Waals surface area contributed by atoms with Crippen molar-refractivity contribution in [2.75, 3.05) is 68.9 Å². The number of morpholine rings is 1. The molecular formula is C20H27N5O4S. The number of aromatic nitrogens is 2. The Morgan fingerprint density at radius 1 is 0.933 bits per heavy atom. The molecule has 0 unspecified atom stereocenters. The van der Waals surface area contributed by atoms with Gasteiger partial charge in [0.05, 0.1) is 24.7 Å². The topological polar surface area (TPSA) is 88.1 Å². The largest absolute Gasteiger partial charge is 0.494 e. The highest BCUT2D eigenvalue weighted by Crippen LogP contribution is 2.24. The van der Waals surface area contributed by atoms with Crippen LogP contribution in [-0.2, 0) is 14.8 Å². The number of ether oxygens (including phenoxy) is 2. The molecular weight excluding hydrogens is 406 g/mol. The van der Waals surface area contributed by atoms with Crippen LogP contribution in [0.5, 0.6) is 5.75 Å². The highest BCUT2D eigenvalue weighted by molar-refractivity contribution is 7.89. The summed E-state index contributed by atoms with van der Waals surface area (Å²) in [7, 11) is -3.53. The average molecular weight is 434 g/mol. The van der Waals surface area contributed by atoms with Gasteiger partial charge < -0.3 is 19.3 Å². The van der Waals surface area contributed by atoms with E-state index in [1.165, 1.54) is 4.31 Å². The van der Waals surface area contributed by atoms with Crippen LogP contribution in [0.1, 0.15) is 6.92 Å². The van der Waals surface area contributed by atoms with E-state index in [-0.39, 0.29) is 4.90 Å². The number of anilines is 2. The predicted molar refractivity (Wildman–Crippen MR) is 114 cm³/mol. The monoisotopic (exact) mass is 433 g/mol. The van der Waals surface area contributed by atoms with E-state index in [0.717, 1.165) is 24.7 Å². The third-order valence-corrected chi connectivity index (χ3v) is 7.22. The Labute approximate surface area is 177 Å². The van der Waals surface area contributed by atoms with Gasteiger partial charge in [0, 0.05) is 45.3 Å². The Morgan fingerprint density at radius 2 is 1.53 bits per heavy atom. The van der Waals surface area contributed by atoms with Gasteiger partial charge in [-0.15, -0.1) is 0 Å². The van der Waals surface area contributed by atoms with Crippen molar-refractivity contribution in [3.05, 3.63) is 36.7 Å².